The standard InChI is InChI=1S/C12H16N4O3/c1-12(11(14)17)2-3-15(7-12)9-4-8(13)5-10(6-9)16(18)19/h4-6H,2-3,7,13H2,1H3,(H2,14,17). The molecule has 1 saturated heterocycles. The number of hydrogen-bond acceptors (Lipinski definition) is 5. The maximum Gasteiger partial charge on any atom is 0.273 e. The highest BCUT2D eigenvalue weighted by molar-refractivity contribution is 5.82. The number of nitrogens with zero attached hydrogens (tertiary/aromatic N) is 2. The molecule has 4 N–H and O–H groups in total. The van der Waals surface area contributed by atoms with Gasteiger partial charge in [0, 0.05) is 36.6 Å². The molecule has 7 heteroatoms. The van der Waals surface area contributed by atoms with Crippen molar-refractivity contribution >= 4 is 23.0 Å². The summed E-state index contributed by atoms with van der Waals surface area (Å²) >= 11 is 0. The quantitative estimate of drug-likeness (QED) is 0.477. The number of non-ortho nitro benzene ring substituents is 1. The molecule has 19 heavy (non-hydrogen) atoms. The molecule has 0 aliphatic carbocycles. The Morgan fingerprint density at radius 3 is 2.68 bits per heavy atom. The van der Waals surface area contributed by atoms with Crippen molar-refractivity contribution in [2.75, 3.05) is 23.7 Å². The number of amides is 1. The predicted molar refractivity (Wildman–Crippen MR) is 71.6 cm³/mol. The molecule has 1 fully saturated rings. The average Bonchev–Trinajstić information content (AvgIpc) is 2.72. The molecule has 1 amide bonds. The Morgan fingerprint density at radius 1 is 1.47 bits per heavy atom. The summed E-state index contributed by atoms with van der Waals surface area (Å²) in [6, 6.07) is 4.44. The lowest BCUT2D eigenvalue weighted by molar-refractivity contribution is -0.384. The van der Waals surface area contributed by atoms with Crippen LogP contribution in [0.4, 0.5) is 17.1 Å². The fourth-order valence-electron chi connectivity index (χ4n) is 2.29. The molecule has 1 heterocycles. The van der Waals surface area contributed by atoms with Gasteiger partial charge in [-0.15, -0.1) is 0 Å². The van der Waals surface area contributed by atoms with Crippen LogP contribution in [0, 0.1) is 15.5 Å². The Hall–Kier alpha value is -2.31. The van der Waals surface area contributed by atoms with Crippen LogP contribution < -0.4 is 16.4 Å². The zero-order valence-corrected chi connectivity index (χ0v) is 10.6. The SMILES string of the molecule is CC1(C(N)=O)CCN(c2cc(N)cc([N+](=O)[O-])c2)C1. The molecule has 1 atom stereocenters. The van der Waals surface area contributed by atoms with Crippen LogP contribution in [-0.2, 0) is 4.79 Å². The summed E-state index contributed by atoms with van der Waals surface area (Å²) in [5, 5.41) is 10.8. The van der Waals surface area contributed by atoms with Crippen molar-refractivity contribution in [1.82, 2.24) is 0 Å². The first-order valence-corrected chi connectivity index (χ1v) is 5.92. The Morgan fingerprint density at radius 2 is 2.16 bits per heavy atom. The molecular weight excluding hydrogens is 248 g/mol. The largest absolute Gasteiger partial charge is 0.398 e. The van der Waals surface area contributed by atoms with E-state index in [1.165, 1.54) is 12.1 Å². The summed E-state index contributed by atoms with van der Waals surface area (Å²) in [5.41, 5.74) is 11.4. The monoisotopic (exact) mass is 264 g/mol. The third-order valence-electron chi connectivity index (χ3n) is 3.57. The van der Waals surface area contributed by atoms with Crippen LogP contribution in [0.25, 0.3) is 0 Å². The number of nitro benzene ring substituents is 1. The summed E-state index contributed by atoms with van der Waals surface area (Å²) in [7, 11) is 0. The van der Waals surface area contributed by atoms with Crippen LogP contribution in [0.2, 0.25) is 0 Å². The van der Waals surface area contributed by atoms with Crippen molar-refractivity contribution in [1.29, 1.82) is 0 Å². The van der Waals surface area contributed by atoms with E-state index in [2.05, 4.69) is 0 Å². The van der Waals surface area contributed by atoms with Gasteiger partial charge in [-0.05, 0) is 19.4 Å². The first-order chi connectivity index (χ1) is 8.82. The van der Waals surface area contributed by atoms with E-state index < -0.39 is 10.3 Å². The van der Waals surface area contributed by atoms with Crippen molar-refractivity contribution in [3.63, 3.8) is 0 Å². The van der Waals surface area contributed by atoms with Gasteiger partial charge in [-0.1, -0.05) is 0 Å². The number of nitro groups is 1. The van der Waals surface area contributed by atoms with E-state index >= 15 is 0 Å². The number of primary amides is 1. The second kappa shape index (κ2) is 4.42. The van der Waals surface area contributed by atoms with Gasteiger partial charge in [0.05, 0.1) is 10.3 Å². The Kier molecular flexibility index (Phi) is 3.05. The van der Waals surface area contributed by atoms with Gasteiger partial charge in [0.15, 0.2) is 0 Å². The van der Waals surface area contributed by atoms with Gasteiger partial charge >= 0.3 is 0 Å². The molecule has 1 aromatic carbocycles. The molecule has 7 nitrogen and oxygen atoms in total. The summed E-state index contributed by atoms with van der Waals surface area (Å²) in [6.07, 6.45) is 0.630. The second-order valence-corrected chi connectivity index (χ2v) is 5.14. The fraction of sp³-hybridized carbons (Fsp3) is 0.417. The number of hydrogen-bond donors (Lipinski definition) is 2. The Labute approximate surface area is 110 Å². The van der Waals surface area contributed by atoms with E-state index in [4.69, 9.17) is 11.5 Å². The lowest BCUT2D eigenvalue weighted by Crippen LogP contribution is -2.37. The van der Waals surface area contributed by atoms with Crippen molar-refractivity contribution in [2.45, 2.75) is 13.3 Å². The lowest BCUT2D eigenvalue weighted by Gasteiger charge is -2.22. The number of carbonyl (C=O) groups excluding carboxylic acids is 1. The zero-order valence-electron chi connectivity index (χ0n) is 10.6. The van der Waals surface area contributed by atoms with Gasteiger partial charge in [-0.2, -0.15) is 0 Å². The smallest absolute Gasteiger partial charge is 0.273 e. The van der Waals surface area contributed by atoms with Crippen molar-refractivity contribution in [3.05, 3.63) is 28.3 Å². The Bertz CT molecular complexity index is 546. The number of benzene rings is 1. The maximum absolute atomic E-state index is 11.4. The summed E-state index contributed by atoms with van der Waals surface area (Å²) in [5.74, 6) is -0.353. The summed E-state index contributed by atoms with van der Waals surface area (Å²) in [6.45, 7) is 2.87. The lowest BCUT2D eigenvalue weighted by atomic mass is 9.89. The van der Waals surface area contributed by atoms with Gasteiger partial charge in [0.25, 0.3) is 5.69 Å². The molecule has 0 radical (unpaired) electrons. The number of anilines is 2. The van der Waals surface area contributed by atoms with E-state index in [9.17, 15) is 14.9 Å². The molecule has 102 valence electrons. The minimum Gasteiger partial charge on any atom is -0.398 e. The molecule has 1 aromatic rings. The van der Waals surface area contributed by atoms with Gasteiger partial charge in [0.1, 0.15) is 0 Å². The number of nitrogen functional groups attached to an aromatic ring is 1. The molecule has 1 aliphatic rings. The van der Waals surface area contributed by atoms with E-state index in [1.807, 2.05) is 4.90 Å². The second-order valence-electron chi connectivity index (χ2n) is 5.14. The first-order valence-electron chi connectivity index (χ1n) is 5.92. The molecule has 0 spiro atoms. The van der Waals surface area contributed by atoms with Gasteiger partial charge < -0.3 is 16.4 Å². The highest BCUT2D eigenvalue weighted by Gasteiger charge is 2.39. The first kappa shape index (κ1) is 13.1. The third-order valence-corrected chi connectivity index (χ3v) is 3.57. The summed E-state index contributed by atoms with van der Waals surface area (Å²) < 4.78 is 0. The van der Waals surface area contributed by atoms with E-state index in [-0.39, 0.29) is 11.6 Å². The van der Waals surface area contributed by atoms with Crippen LogP contribution in [0.3, 0.4) is 0 Å². The minimum atomic E-state index is -0.598. The molecule has 0 saturated carbocycles. The van der Waals surface area contributed by atoms with E-state index in [0.29, 0.717) is 30.9 Å². The van der Waals surface area contributed by atoms with Crippen molar-refractivity contribution in [2.24, 2.45) is 11.1 Å². The highest BCUT2D eigenvalue weighted by atomic mass is 16.6. The topological polar surface area (TPSA) is 115 Å². The van der Waals surface area contributed by atoms with Crippen LogP contribution in [0.5, 0.6) is 0 Å². The molecular formula is C12H16N4O3. The number of nitrogens with two attached hydrogens (primary N) is 2. The molecule has 2 rings (SSSR count). The fourth-order valence-corrected chi connectivity index (χ4v) is 2.29. The van der Waals surface area contributed by atoms with Gasteiger partial charge in [-0.25, -0.2) is 0 Å². The van der Waals surface area contributed by atoms with E-state index in [1.54, 1.807) is 13.0 Å². The molecule has 1 unspecified atom stereocenters. The molecule has 1 aliphatic heterocycles. The third kappa shape index (κ3) is 2.44. The van der Waals surface area contributed by atoms with Crippen molar-refractivity contribution < 1.29 is 9.72 Å². The van der Waals surface area contributed by atoms with Crippen LogP contribution in [0.15, 0.2) is 18.2 Å². The van der Waals surface area contributed by atoms with Crippen LogP contribution >= 0.6 is 0 Å². The van der Waals surface area contributed by atoms with Crippen molar-refractivity contribution in [3.8, 4) is 0 Å². The average molecular weight is 264 g/mol. The Balaban J connectivity index is 2.29. The number of rotatable bonds is 3. The predicted octanol–water partition coefficient (Wildman–Crippen LogP) is 0.879. The zero-order chi connectivity index (χ0) is 14.2. The van der Waals surface area contributed by atoms with Gasteiger partial charge in [0.2, 0.25) is 5.91 Å². The molecule has 0 bridgehead atoms. The van der Waals surface area contributed by atoms with E-state index in [0.717, 1.165) is 0 Å². The van der Waals surface area contributed by atoms with Gasteiger partial charge in [-0.3, -0.25) is 14.9 Å². The van der Waals surface area contributed by atoms with Crippen LogP contribution in [-0.4, -0.2) is 23.9 Å². The molecule has 0 aromatic heterocycles. The number of carbonyl (C=O) groups is 1. The summed E-state index contributed by atoms with van der Waals surface area (Å²) in [4.78, 5) is 23.6. The minimum absolute atomic E-state index is 0.0531. The maximum atomic E-state index is 11.4. The normalized spacial score (nSPS) is 22.5. The highest BCUT2D eigenvalue weighted by Crippen LogP contribution is 2.35. The van der Waals surface area contributed by atoms with Crippen LogP contribution in [0.1, 0.15) is 13.3 Å².